The van der Waals surface area contributed by atoms with Crippen LogP contribution in [0.25, 0.3) is 21.9 Å². The summed E-state index contributed by atoms with van der Waals surface area (Å²) in [5.74, 6) is 1.35. The summed E-state index contributed by atoms with van der Waals surface area (Å²) in [6.45, 7) is 6.85. The second-order valence-corrected chi connectivity index (χ2v) is 11.0. The van der Waals surface area contributed by atoms with Crippen LogP contribution in [0.2, 0.25) is 5.02 Å². The van der Waals surface area contributed by atoms with Gasteiger partial charge in [-0.3, -0.25) is 4.52 Å². The maximum Gasteiger partial charge on any atom is 0.459 e. The van der Waals surface area contributed by atoms with Crippen molar-refractivity contribution in [3.05, 3.63) is 59.4 Å². The number of methoxy groups -OCH3 is 1. The van der Waals surface area contributed by atoms with Gasteiger partial charge in [-0.15, -0.1) is 0 Å². The zero-order valence-corrected chi connectivity index (χ0v) is 23.5. The number of pyridine rings is 1. The van der Waals surface area contributed by atoms with Gasteiger partial charge in [0.1, 0.15) is 23.7 Å². The van der Waals surface area contributed by atoms with Gasteiger partial charge in [0, 0.05) is 30.2 Å². The summed E-state index contributed by atoms with van der Waals surface area (Å²) in [5.41, 5.74) is 8.45. The first-order valence-electron chi connectivity index (χ1n) is 12.3. The topological polar surface area (TPSA) is 123 Å². The monoisotopic (exact) mass is 561 g/mol. The van der Waals surface area contributed by atoms with E-state index >= 15 is 0 Å². The lowest BCUT2D eigenvalue weighted by atomic mass is 10.1. The SMILES string of the molecule is CCOCc1nc2c(N)nc3ccccc3c2n1[C@@H](C)CO[P@@](=O)(N[C@@H](C)COC)Oc1ccc(Cl)cc1. The molecule has 3 N–H and O–H groups in total. The number of nitrogen functional groups attached to an aromatic ring is 1. The number of ether oxygens (including phenoxy) is 2. The molecule has 3 atom stereocenters. The minimum atomic E-state index is -3.83. The van der Waals surface area contributed by atoms with Gasteiger partial charge in [-0.2, -0.15) is 0 Å². The van der Waals surface area contributed by atoms with E-state index in [2.05, 4.69) is 10.1 Å². The molecule has 2 heterocycles. The van der Waals surface area contributed by atoms with Crippen LogP contribution in [0, 0.1) is 0 Å². The van der Waals surface area contributed by atoms with Crippen molar-refractivity contribution in [2.75, 3.05) is 32.7 Å². The maximum absolute atomic E-state index is 13.9. The Hall–Kier alpha value is -2.72. The summed E-state index contributed by atoms with van der Waals surface area (Å²) in [5, 5.41) is 4.39. The molecule has 0 amide bonds. The Kier molecular flexibility index (Phi) is 9.25. The standard InChI is InChI=1S/C26H33ClN5O5P/c1-5-35-16-23-30-24-25(21-8-6-7-9-22(21)29-26(24)28)32(23)18(3)15-36-38(33,31-17(2)14-34-4)37-20-12-10-19(27)11-13-20/h6-13,17-18H,5,14-16H2,1-4H3,(H2,28,29)(H,31,33)/t17-,18-,38-/m0/s1. The highest BCUT2D eigenvalue weighted by Crippen LogP contribution is 2.46. The lowest BCUT2D eigenvalue weighted by Gasteiger charge is -2.25. The van der Waals surface area contributed by atoms with E-state index < -0.39 is 7.75 Å². The van der Waals surface area contributed by atoms with Crippen LogP contribution in [-0.2, 0) is 25.2 Å². The smallest absolute Gasteiger partial charge is 0.413 e. The van der Waals surface area contributed by atoms with Crippen LogP contribution < -0.4 is 15.3 Å². The van der Waals surface area contributed by atoms with Crippen LogP contribution in [0.5, 0.6) is 5.75 Å². The molecule has 12 heteroatoms. The summed E-state index contributed by atoms with van der Waals surface area (Å²) in [6.07, 6.45) is 0. The summed E-state index contributed by atoms with van der Waals surface area (Å²) >= 11 is 6.00. The van der Waals surface area contributed by atoms with E-state index in [1.165, 1.54) is 0 Å². The Bertz CT molecular complexity index is 1430. The first-order chi connectivity index (χ1) is 18.2. The molecule has 204 valence electrons. The van der Waals surface area contributed by atoms with Crippen LogP contribution in [0.15, 0.2) is 48.5 Å². The van der Waals surface area contributed by atoms with Crippen LogP contribution in [-0.4, -0.2) is 47.5 Å². The van der Waals surface area contributed by atoms with Gasteiger partial charge in [0.15, 0.2) is 5.82 Å². The predicted molar refractivity (Wildman–Crippen MR) is 150 cm³/mol. The normalized spacial score (nSPS) is 15.0. The van der Waals surface area contributed by atoms with E-state index in [1.807, 2.05) is 49.6 Å². The highest BCUT2D eigenvalue weighted by molar-refractivity contribution is 7.52. The Labute approximate surface area is 227 Å². The molecule has 38 heavy (non-hydrogen) atoms. The maximum atomic E-state index is 13.9. The predicted octanol–water partition coefficient (Wildman–Crippen LogP) is 5.75. The van der Waals surface area contributed by atoms with Crippen molar-refractivity contribution in [1.29, 1.82) is 0 Å². The molecule has 0 spiro atoms. The molecule has 0 saturated heterocycles. The van der Waals surface area contributed by atoms with E-state index in [0.717, 1.165) is 16.4 Å². The van der Waals surface area contributed by atoms with Crippen LogP contribution >= 0.6 is 19.3 Å². The number of aromatic nitrogens is 3. The molecule has 2 aromatic heterocycles. The lowest BCUT2D eigenvalue weighted by Crippen LogP contribution is -2.31. The van der Waals surface area contributed by atoms with Crippen molar-refractivity contribution in [2.24, 2.45) is 0 Å². The molecule has 0 saturated carbocycles. The molecule has 0 aliphatic carbocycles. The number of imidazole rings is 1. The van der Waals surface area contributed by atoms with E-state index in [9.17, 15) is 4.57 Å². The van der Waals surface area contributed by atoms with Gasteiger partial charge in [0.25, 0.3) is 0 Å². The summed E-state index contributed by atoms with van der Waals surface area (Å²) in [6, 6.07) is 13.7. The Balaban J connectivity index is 1.69. The minimum Gasteiger partial charge on any atom is -0.413 e. The van der Waals surface area contributed by atoms with Crippen molar-refractivity contribution in [2.45, 2.75) is 39.5 Å². The molecule has 0 aliphatic heterocycles. The first kappa shape index (κ1) is 28.3. The van der Waals surface area contributed by atoms with Gasteiger partial charge < -0.3 is 24.3 Å². The fourth-order valence-electron chi connectivity index (χ4n) is 4.20. The number of nitrogens with zero attached hydrogens (tertiary/aromatic N) is 3. The molecule has 4 aromatic rings. The third kappa shape index (κ3) is 6.46. The third-order valence-electron chi connectivity index (χ3n) is 5.82. The molecule has 4 rings (SSSR count). The molecule has 0 bridgehead atoms. The van der Waals surface area contributed by atoms with E-state index in [1.54, 1.807) is 31.4 Å². The number of nitrogens with one attached hydrogen (secondary N) is 1. The molecule has 0 fully saturated rings. The number of hydrogen-bond acceptors (Lipinski definition) is 8. The minimum absolute atomic E-state index is 0.0404. The molecule has 0 aliphatic rings. The highest BCUT2D eigenvalue weighted by Gasteiger charge is 2.31. The van der Waals surface area contributed by atoms with Crippen molar-refractivity contribution in [1.82, 2.24) is 19.6 Å². The summed E-state index contributed by atoms with van der Waals surface area (Å²) < 4.78 is 38.7. The number of benzene rings is 2. The second-order valence-electron chi connectivity index (χ2n) is 8.92. The number of fused-ring (bicyclic) bond motifs is 3. The van der Waals surface area contributed by atoms with Crippen molar-refractivity contribution >= 4 is 47.1 Å². The summed E-state index contributed by atoms with van der Waals surface area (Å²) in [4.78, 5) is 9.28. The molecular formula is C26H33ClN5O5P. The summed E-state index contributed by atoms with van der Waals surface area (Å²) in [7, 11) is -2.26. The van der Waals surface area contributed by atoms with Gasteiger partial charge in [-0.1, -0.05) is 29.8 Å². The Morgan fingerprint density at radius 1 is 1.11 bits per heavy atom. The molecular weight excluding hydrogens is 529 g/mol. The van der Waals surface area contributed by atoms with E-state index in [0.29, 0.717) is 41.1 Å². The van der Waals surface area contributed by atoms with Gasteiger partial charge in [0.05, 0.1) is 30.3 Å². The molecule has 0 radical (unpaired) electrons. The fraction of sp³-hybridized carbons (Fsp3) is 0.385. The number of halogens is 1. The molecule has 10 nitrogen and oxygen atoms in total. The fourth-order valence-corrected chi connectivity index (χ4v) is 5.93. The zero-order chi connectivity index (χ0) is 27.3. The number of anilines is 1. The Morgan fingerprint density at radius 3 is 2.55 bits per heavy atom. The first-order valence-corrected chi connectivity index (χ1v) is 14.3. The number of para-hydroxylation sites is 1. The van der Waals surface area contributed by atoms with E-state index in [-0.39, 0.29) is 25.3 Å². The zero-order valence-electron chi connectivity index (χ0n) is 21.9. The van der Waals surface area contributed by atoms with Crippen LogP contribution in [0.3, 0.4) is 0 Å². The van der Waals surface area contributed by atoms with Gasteiger partial charge in [0.2, 0.25) is 0 Å². The number of hydrogen-bond donors (Lipinski definition) is 2. The third-order valence-corrected chi connectivity index (χ3v) is 7.77. The molecule has 0 unspecified atom stereocenters. The molecule has 2 aromatic carbocycles. The average Bonchev–Trinajstić information content (AvgIpc) is 3.28. The van der Waals surface area contributed by atoms with Crippen molar-refractivity contribution < 1.29 is 23.1 Å². The quantitative estimate of drug-likeness (QED) is 0.196. The van der Waals surface area contributed by atoms with Crippen molar-refractivity contribution in [3.8, 4) is 5.75 Å². The number of nitrogens with two attached hydrogens (primary N) is 1. The van der Waals surface area contributed by atoms with Gasteiger partial charge in [-0.25, -0.2) is 19.6 Å². The lowest BCUT2D eigenvalue weighted by molar-refractivity contribution is 0.122. The van der Waals surface area contributed by atoms with Gasteiger partial charge in [-0.05, 0) is 51.1 Å². The highest BCUT2D eigenvalue weighted by atomic mass is 35.5. The Morgan fingerprint density at radius 2 is 1.84 bits per heavy atom. The van der Waals surface area contributed by atoms with Gasteiger partial charge >= 0.3 is 7.75 Å². The largest absolute Gasteiger partial charge is 0.459 e. The van der Waals surface area contributed by atoms with Crippen LogP contribution in [0.1, 0.15) is 32.6 Å². The average molecular weight is 562 g/mol. The number of rotatable bonds is 13. The van der Waals surface area contributed by atoms with Crippen molar-refractivity contribution in [3.63, 3.8) is 0 Å². The van der Waals surface area contributed by atoms with E-state index in [4.69, 9.17) is 40.8 Å². The van der Waals surface area contributed by atoms with Crippen LogP contribution in [0.4, 0.5) is 5.82 Å². The second kappa shape index (κ2) is 12.4.